The highest BCUT2D eigenvalue weighted by Gasteiger charge is 2.27. The van der Waals surface area contributed by atoms with Crippen LogP contribution in [0, 0.1) is 17.2 Å². The number of rotatable bonds is 5. The van der Waals surface area contributed by atoms with Crippen LogP contribution in [0.5, 0.6) is 0 Å². The fourth-order valence-electron chi connectivity index (χ4n) is 2.08. The van der Waals surface area contributed by atoms with Gasteiger partial charge >= 0.3 is 0 Å². The van der Waals surface area contributed by atoms with Gasteiger partial charge in [-0.15, -0.1) is 0 Å². The summed E-state index contributed by atoms with van der Waals surface area (Å²) in [6.07, 6.45) is 0. The normalized spacial score (nSPS) is 16.8. The molecule has 0 aromatic heterocycles. The predicted octanol–water partition coefficient (Wildman–Crippen LogP) is 0.256. The second kappa shape index (κ2) is 5.70. The molecule has 19 heavy (non-hydrogen) atoms. The van der Waals surface area contributed by atoms with E-state index in [2.05, 4.69) is 0 Å². The molecular weight excluding hydrogens is 264 g/mol. The second-order valence-electron chi connectivity index (χ2n) is 4.76. The molecule has 1 N–H and O–H groups in total. The van der Waals surface area contributed by atoms with Crippen molar-refractivity contribution in [1.29, 1.82) is 5.26 Å². The van der Waals surface area contributed by atoms with Gasteiger partial charge in [0.15, 0.2) is 9.84 Å². The molecule has 0 atom stereocenters. The van der Waals surface area contributed by atoms with Crippen LogP contribution in [0.4, 0.5) is 0 Å². The second-order valence-corrected chi connectivity index (χ2v) is 6.87. The first kappa shape index (κ1) is 14.0. The zero-order valence-electron chi connectivity index (χ0n) is 10.5. The molecule has 0 radical (unpaired) electrons. The Kier molecular flexibility index (Phi) is 4.20. The van der Waals surface area contributed by atoms with Crippen LogP contribution in [-0.4, -0.2) is 50.4 Å². The van der Waals surface area contributed by atoms with Crippen LogP contribution in [0.1, 0.15) is 5.56 Å². The lowest BCUT2D eigenvalue weighted by Gasteiger charge is -2.38. The quantitative estimate of drug-likeness (QED) is 0.836. The number of benzene rings is 1. The van der Waals surface area contributed by atoms with Crippen LogP contribution < -0.4 is 0 Å². The number of hydrogen-bond acceptors (Lipinski definition) is 5. The molecule has 0 amide bonds. The van der Waals surface area contributed by atoms with Gasteiger partial charge in [-0.05, 0) is 24.3 Å². The molecule has 1 aromatic rings. The standard InChI is InChI=1S/C13H16N2O3S/c14-7-11-1-3-13(4-2-11)19(17,18)6-5-15-8-12(9-15)10-16/h1-4,12,16H,5-6,8-10H2. The van der Waals surface area contributed by atoms with Gasteiger partial charge in [0, 0.05) is 32.2 Å². The van der Waals surface area contributed by atoms with E-state index in [0.717, 1.165) is 13.1 Å². The largest absolute Gasteiger partial charge is 0.396 e. The fraction of sp³-hybridized carbons (Fsp3) is 0.462. The Morgan fingerprint density at radius 1 is 1.32 bits per heavy atom. The summed E-state index contributed by atoms with van der Waals surface area (Å²) in [6, 6.07) is 7.93. The molecule has 1 saturated heterocycles. The molecule has 1 aliphatic rings. The van der Waals surface area contributed by atoms with Gasteiger partial charge in [-0.1, -0.05) is 0 Å². The van der Waals surface area contributed by atoms with Crippen LogP contribution in [-0.2, 0) is 9.84 Å². The molecule has 0 aliphatic carbocycles. The van der Waals surface area contributed by atoms with Crippen LogP contribution in [0.2, 0.25) is 0 Å². The summed E-state index contributed by atoms with van der Waals surface area (Å²) in [5.74, 6) is 0.356. The van der Waals surface area contributed by atoms with E-state index in [1.807, 2.05) is 11.0 Å². The zero-order valence-corrected chi connectivity index (χ0v) is 11.3. The van der Waals surface area contributed by atoms with Crippen molar-refractivity contribution in [2.45, 2.75) is 4.90 Å². The van der Waals surface area contributed by atoms with E-state index >= 15 is 0 Å². The molecule has 6 heteroatoms. The average Bonchev–Trinajstić information content (AvgIpc) is 2.37. The Morgan fingerprint density at radius 3 is 2.47 bits per heavy atom. The highest BCUT2D eigenvalue weighted by Crippen LogP contribution is 2.16. The zero-order chi connectivity index (χ0) is 13.9. The van der Waals surface area contributed by atoms with Gasteiger partial charge in [-0.3, -0.25) is 0 Å². The van der Waals surface area contributed by atoms with Gasteiger partial charge in [0.1, 0.15) is 0 Å². The van der Waals surface area contributed by atoms with Crippen molar-refractivity contribution in [3.8, 4) is 6.07 Å². The smallest absolute Gasteiger partial charge is 0.179 e. The fourth-order valence-corrected chi connectivity index (χ4v) is 3.36. The summed E-state index contributed by atoms with van der Waals surface area (Å²) in [5.41, 5.74) is 0.451. The van der Waals surface area contributed by atoms with Gasteiger partial charge in [-0.25, -0.2) is 8.42 Å². The molecule has 1 aromatic carbocycles. The SMILES string of the molecule is N#Cc1ccc(S(=O)(=O)CCN2CC(CO)C2)cc1. The lowest BCUT2D eigenvalue weighted by Crippen LogP contribution is -2.49. The lowest BCUT2D eigenvalue weighted by molar-refractivity contribution is 0.0592. The van der Waals surface area contributed by atoms with Gasteiger partial charge in [0.05, 0.1) is 22.3 Å². The van der Waals surface area contributed by atoms with E-state index in [9.17, 15) is 8.42 Å². The Labute approximate surface area is 113 Å². The Morgan fingerprint density at radius 2 is 1.95 bits per heavy atom. The van der Waals surface area contributed by atoms with Crippen molar-refractivity contribution < 1.29 is 13.5 Å². The van der Waals surface area contributed by atoms with E-state index in [1.165, 1.54) is 24.3 Å². The Balaban J connectivity index is 1.93. The van der Waals surface area contributed by atoms with E-state index < -0.39 is 9.84 Å². The first-order valence-corrected chi connectivity index (χ1v) is 7.76. The first-order chi connectivity index (χ1) is 9.05. The lowest BCUT2D eigenvalue weighted by atomic mass is 10.0. The third-order valence-electron chi connectivity index (χ3n) is 3.31. The van der Waals surface area contributed by atoms with Gasteiger partial charge < -0.3 is 10.0 Å². The molecule has 0 spiro atoms. The molecule has 102 valence electrons. The minimum absolute atomic E-state index is 0.0665. The number of sulfone groups is 1. The molecular formula is C13H16N2O3S. The highest BCUT2D eigenvalue weighted by atomic mass is 32.2. The van der Waals surface area contributed by atoms with Crippen LogP contribution in [0.15, 0.2) is 29.2 Å². The van der Waals surface area contributed by atoms with E-state index in [0.29, 0.717) is 12.1 Å². The molecule has 1 fully saturated rings. The Bertz CT molecular complexity index is 569. The number of aliphatic hydroxyl groups is 1. The van der Waals surface area contributed by atoms with Gasteiger partial charge in [0.25, 0.3) is 0 Å². The van der Waals surface area contributed by atoms with Crippen molar-refractivity contribution >= 4 is 9.84 Å². The third-order valence-corrected chi connectivity index (χ3v) is 5.02. The summed E-state index contributed by atoms with van der Waals surface area (Å²) < 4.78 is 24.1. The first-order valence-electron chi connectivity index (χ1n) is 6.11. The average molecular weight is 280 g/mol. The molecule has 0 bridgehead atoms. The molecule has 0 unspecified atom stereocenters. The summed E-state index contributed by atoms with van der Waals surface area (Å²) in [6.45, 7) is 2.18. The maximum Gasteiger partial charge on any atom is 0.179 e. The van der Waals surface area contributed by atoms with Crippen molar-refractivity contribution in [3.05, 3.63) is 29.8 Å². The number of likely N-dealkylation sites (tertiary alicyclic amines) is 1. The number of hydrogen-bond donors (Lipinski definition) is 1. The molecule has 1 aliphatic heterocycles. The van der Waals surface area contributed by atoms with E-state index in [4.69, 9.17) is 10.4 Å². The van der Waals surface area contributed by atoms with Crippen molar-refractivity contribution in [2.75, 3.05) is 32.0 Å². The van der Waals surface area contributed by atoms with Gasteiger partial charge in [0.2, 0.25) is 0 Å². The van der Waals surface area contributed by atoms with Crippen LogP contribution >= 0.6 is 0 Å². The van der Waals surface area contributed by atoms with E-state index in [1.54, 1.807) is 0 Å². The molecule has 5 nitrogen and oxygen atoms in total. The summed E-state index contributed by atoms with van der Waals surface area (Å²) in [4.78, 5) is 2.27. The van der Waals surface area contributed by atoms with E-state index in [-0.39, 0.29) is 23.2 Å². The summed E-state index contributed by atoms with van der Waals surface area (Å²) in [5, 5.41) is 17.6. The minimum Gasteiger partial charge on any atom is -0.396 e. The number of nitriles is 1. The van der Waals surface area contributed by atoms with Gasteiger partial charge in [-0.2, -0.15) is 5.26 Å². The molecule has 0 saturated carbocycles. The van der Waals surface area contributed by atoms with Crippen molar-refractivity contribution in [3.63, 3.8) is 0 Å². The van der Waals surface area contributed by atoms with Crippen LogP contribution in [0.25, 0.3) is 0 Å². The molecule has 1 heterocycles. The van der Waals surface area contributed by atoms with Crippen molar-refractivity contribution in [1.82, 2.24) is 4.90 Å². The Hall–Kier alpha value is -1.42. The maximum atomic E-state index is 12.1. The van der Waals surface area contributed by atoms with Crippen LogP contribution in [0.3, 0.4) is 0 Å². The number of aliphatic hydroxyl groups excluding tert-OH is 1. The topological polar surface area (TPSA) is 81.4 Å². The van der Waals surface area contributed by atoms with Crippen molar-refractivity contribution in [2.24, 2.45) is 5.92 Å². The summed E-state index contributed by atoms with van der Waals surface area (Å²) in [7, 11) is -3.29. The monoisotopic (exact) mass is 280 g/mol. The minimum atomic E-state index is -3.29. The third kappa shape index (κ3) is 3.32. The number of nitrogens with zero attached hydrogens (tertiary/aromatic N) is 2. The summed E-state index contributed by atoms with van der Waals surface area (Å²) >= 11 is 0. The molecule has 2 rings (SSSR count). The predicted molar refractivity (Wildman–Crippen MR) is 70.2 cm³/mol. The maximum absolute atomic E-state index is 12.1. The highest BCUT2D eigenvalue weighted by molar-refractivity contribution is 7.91.